The molecule has 2 heteroatoms. The van der Waals surface area contributed by atoms with Crippen LogP contribution in [0.2, 0.25) is 0 Å². The van der Waals surface area contributed by atoms with Gasteiger partial charge in [-0.3, -0.25) is 0 Å². The largest absolute Gasteiger partial charge is 0.377 e. The highest BCUT2D eigenvalue weighted by molar-refractivity contribution is 5.19. The molecule has 0 aromatic carbocycles. The summed E-state index contributed by atoms with van der Waals surface area (Å²) >= 11 is 0. The summed E-state index contributed by atoms with van der Waals surface area (Å²) in [4.78, 5) is 0. The molecule has 0 saturated heterocycles. The molecule has 1 unspecified atom stereocenters. The molecule has 2 aliphatic rings. The molecule has 0 aromatic heterocycles. The Morgan fingerprint density at radius 2 is 2.19 bits per heavy atom. The van der Waals surface area contributed by atoms with E-state index in [0.717, 1.165) is 39.1 Å². The molecule has 2 aliphatic heterocycles. The smallest absolute Gasteiger partial charge is 0.0732 e. The van der Waals surface area contributed by atoms with E-state index in [0.29, 0.717) is 0 Å². The van der Waals surface area contributed by atoms with Crippen molar-refractivity contribution >= 4 is 0 Å². The average Bonchev–Trinajstić information content (AvgIpc) is 2.21. The molecule has 2 rings (SSSR count). The van der Waals surface area contributed by atoms with Gasteiger partial charge in [-0.2, -0.15) is 0 Å². The van der Waals surface area contributed by atoms with Crippen molar-refractivity contribution in [1.29, 1.82) is 0 Å². The zero-order valence-corrected chi connectivity index (χ0v) is 10.6. The van der Waals surface area contributed by atoms with Crippen LogP contribution in [0.15, 0.2) is 22.8 Å². The monoisotopic (exact) mass is 222 g/mol. The fourth-order valence-corrected chi connectivity index (χ4v) is 2.64. The second-order valence-corrected chi connectivity index (χ2v) is 5.35. The van der Waals surface area contributed by atoms with E-state index in [9.17, 15) is 0 Å². The molecular formula is C14H22O2. The van der Waals surface area contributed by atoms with Crippen LogP contribution in [0.1, 0.15) is 40.0 Å². The lowest BCUT2D eigenvalue weighted by atomic mass is 9.85. The summed E-state index contributed by atoms with van der Waals surface area (Å²) < 4.78 is 11.4. The lowest BCUT2D eigenvalue weighted by Gasteiger charge is -2.35. The molecule has 0 N–H and O–H groups in total. The molecule has 0 aromatic rings. The molecule has 90 valence electrons. The molecule has 0 aliphatic carbocycles. The maximum absolute atomic E-state index is 5.94. The Labute approximate surface area is 98.3 Å². The van der Waals surface area contributed by atoms with Crippen LogP contribution in [0.3, 0.4) is 0 Å². The van der Waals surface area contributed by atoms with Gasteiger partial charge in [0.05, 0.1) is 25.4 Å². The van der Waals surface area contributed by atoms with Crippen molar-refractivity contribution in [2.75, 3.05) is 19.8 Å². The van der Waals surface area contributed by atoms with Gasteiger partial charge in [0.1, 0.15) is 0 Å². The summed E-state index contributed by atoms with van der Waals surface area (Å²) in [5.41, 5.74) is 4.41. The molecule has 2 heterocycles. The maximum atomic E-state index is 5.94. The van der Waals surface area contributed by atoms with Gasteiger partial charge in [-0.05, 0) is 45.6 Å². The lowest BCUT2D eigenvalue weighted by Crippen LogP contribution is -2.33. The van der Waals surface area contributed by atoms with Crippen molar-refractivity contribution < 1.29 is 9.47 Å². The van der Waals surface area contributed by atoms with Crippen molar-refractivity contribution in [3.63, 3.8) is 0 Å². The van der Waals surface area contributed by atoms with Gasteiger partial charge in [-0.1, -0.05) is 17.2 Å². The molecule has 0 saturated carbocycles. The summed E-state index contributed by atoms with van der Waals surface area (Å²) in [7, 11) is 0. The normalized spacial score (nSPS) is 31.6. The summed E-state index contributed by atoms with van der Waals surface area (Å²) in [6.07, 6.45) is 5.39. The van der Waals surface area contributed by atoms with E-state index in [2.05, 4.69) is 26.8 Å². The minimum absolute atomic E-state index is 0.00671. The van der Waals surface area contributed by atoms with Crippen molar-refractivity contribution in [1.82, 2.24) is 0 Å². The quantitative estimate of drug-likeness (QED) is 0.668. The maximum Gasteiger partial charge on any atom is 0.0732 e. The number of hydrogen-bond acceptors (Lipinski definition) is 2. The molecule has 16 heavy (non-hydrogen) atoms. The minimum Gasteiger partial charge on any atom is -0.377 e. The zero-order chi connectivity index (χ0) is 11.6. The third kappa shape index (κ3) is 2.74. The second kappa shape index (κ2) is 4.72. The predicted molar refractivity (Wildman–Crippen MR) is 65.5 cm³/mol. The first-order valence-corrected chi connectivity index (χ1v) is 6.14. The van der Waals surface area contributed by atoms with E-state index in [4.69, 9.17) is 9.47 Å². The molecule has 0 spiro atoms. The SMILES string of the molecule is CC1=CCOC(C)(CC2=C(C)COCC2)C1. The van der Waals surface area contributed by atoms with Crippen molar-refractivity contribution in [3.8, 4) is 0 Å². The molecule has 0 radical (unpaired) electrons. The first-order valence-electron chi connectivity index (χ1n) is 6.14. The van der Waals surface area contributed by atoms with Gasteiger partial charge >= 0.3 is 0 Å². The highest BCUT2D eigenvalue weighted by Crippen LogP contribution is 2.34. The molecule has 1 atom stereocenters. The summed E-state index contributed by atoms with van der Waals surface area (Å²) in [5, 5.41) is 0. The first-order chi connectivity index (χ1) is 7.59. The van der Waals surface area contributed by atoms with Crippen LogP contribution in [0.5, 0.6) is 0 Å². The van der Waals surface area contributed by atoms with Crippen LogP contribution in [0.25, 0.3) is 0 Å². The van der Waals surface area contributed by atoms with Gasteiger partial charge in [-0.25, -0.2) is 0 Å². The molecule has 2 nitrogen and oxygen atoms in total. The van der Waals surface area contributed by atoms with E-state index < -0.39 is 0 Å². The number of rotatable bonds is 2. The molecular weight excluding hydrogens is 200 g/mol. The van der Waals surface area contributed by atoms with E-state index in [1.165, 1.54) is 11.1 Å². The van der Waals surface area contributed by atoms with Gasteiger partial charge in [-0.15, -0.1) is 0 Å². The predicted octanol–water partition coefficient (Wildman–Crippen LogP) is 3.24. The number of hydrogen-bond donors (Lipinski definition) is 0. The summed E-state index contributed by atoms with van der Waals surface area (Å²) in [6, 6.07) is 0. The first kappa shape index (κ1) is 11.9. The number of ether oxygens (including phenoxy) is 2. The lowest BCUT2D eigenvalue weighted by molar-refractivity contribution is -0.0261. The highest BCUT2D eigenvalue weighted by Gasteiger charge is 2.30. The van der Waals surface area contributed by atoms with Crippen LogP contribution in [0, 0.1) is 0 Å². The second-order valence-electron chi connectivity index (χ2n) is 5.35. The van der Waals surface area contributed by atoms with Gasteiger partial charge in [0.2, 0.25) is 0 Å². The van der Waals surface area contributed by atoms with Crippen molar-refractivity contribution in [3.05, 3.63) is 22.8 Å². The van der Waals surface area contributed by atoms with Crippen LogP contribution in [-0.4, -0.2) is 25.4 Å². The van der Waals surface area contributed by atoms with Crippen LogP contribution in [0.4, 0.5) is 0 Å². The zero-order valence-electron chi connectivity index (χ0n) is 10.6. The minimum atomic E-state index is 0.00671. The van der Waals surface area contributed by atoms with Gasteiger partial charge in [0.25, 0.3) is 0 Å². The van der Waals surface area contributed by atoms with E-state index in [1.807, 2.05) is 0 Å². The molecule has 0 bridgehead atoms. The van der Waals surface area contributed by atoms with E-state index in [1.54, 1.807) is 5.57 Å². The van der Waals surface area contributed by atoms with E-state index in [-0.39, 0.29) is 5.60 Å². The topological polar surface area (TPSA) is 18.5 Å². The molecule has 0 fully saturated rings. The van der Waals surface area contributed by atoms with Gasteiger partial charge < -0.3 is 9.47 Å². The third-order valence-corrected chi connectivity index (χ3v) is 3.57. The Bertz CT molecular complexity index is 328. The standard InChI is InChI=1S/C14H22O2/c1-11-4-7-16-14(3,8-11)9-13-5-6-15-10-12(13)2/h4H,5-10H2,1-3H3. The van der Waals surface area contributed by atoms with E-state index >= 15 is 0 Å². The Hall–Kier alpha value is -0.600. The summed E-state index contributed by atoms with van der Waals surface area (Å²) in [6.45, 7) is 9.07. The van der Waals surface area contributed by atoms with Gasteiger partial charge in [0.15, 0.2) is 0 Å². The third-order valence-electron chi connectivity index (χ3n) is 3.57. The van der Waals surface area contributed by atoms with Gasteiger partial charge in [0, 0.05) is 0 Å². The fraction of sp³-hybridized carbons (Fsp3) is 0.714. The van der Waals surface area contributed by atoms with Crippen LogP contribution < -0.4 is 0 Å². The summed E-state index contributed by atoms with van der Waals surface area (Å²) in [5.74, 6) is 0. The Morgan fingerprint density at radius 3 is 2.88 bits per heavy atom. The van der Waals surface area contributed by atoms with Crippen molar-refractivity contribution in [2.45, 2.75) is 45.6 Å². The van der Waals surface area contributed by atoms with Crippen molar-refractivity contribution in [2.24, 2.45) is 0 Å². The fourth-order valence-electron chi connectivity index (χ4n) is 2.64. The Kier molecular flexibility index (Phi) is 3.50. The van der Waals surface area contributed by atoms with Crippen LogP contribution in [-0.2, 0) is 9.47 Å². The Morgan fingerprint density at radius 1 is 1.38 bits per heavy atom. The molecule has 0 amide bonds. The Balaban J connectivity index is 2.06. The average molecular weight is 222 g/mol. The van der Waals surface area contributed by atoms with Crippen LogP contribution >= 0.6 is 0 Å². The highest BCUT2D eigenvalue weighted by atomic mass is 16.5.